The highest BCUT2D eigenvalue weighted by Crippen LogP contribution is 2.26. The van der Waals surface area contributed by atoms with Crippen molar-refractivity contribution in [1.29, 1.82) is 0 Å². The largest absolute Gasteiger partial charge is 0.439 e. The molecule has 0 atom stereocenters. The zero-order valence-corrected chi connectivity index (χ0v) is 27.6. The van der Waals surface area contributed by atoms with Gasteiger partial charge in [0.15, 0.2) is 0 Å². The number of anilines is 4. The van der Waals surface area contributed by atoms with E-state index in [0.29, 0.717) is 54.5 Å². The zero-order chi connectivity index (χ0) is 33.2. The highest BCUT2D eigenvalue weighted by Gasteiger charge is 2.10. The van der Waals surface area contributed by atoms with Gasteiger partial charge in [-0.15, -0.1) is 0 Å². The Labute approximate surface area is 287 Å². The number of hydrogen-bond acceptors (Lipinski definition) is 8. The molecule has 0 unspecified atom stereocenters. The summed E-state index contributed by atoms with van der Waals surface area (Å²) in [6, 6.07) is 15.1. The Balaban J connectivity index is 0.000000216. The average Bonchev–Trinajstić information content (AvgIpc) is 2.97. The molecule has 0 fully saturated rings. The quantitative estimate of drug-likeness (QED) is 0.126. The van der Waals surface area contributed by atoms with Crippen LogP contribution in [0.25, 0.3) is 0 Å². The standard InChI is InChI=1S/C17H13Cl2N5O2.C12H9Cl3N4O/c1-10-8-15(26-12-4-6-20-7-5-12)23-16(21-10)24-17(25)22-11-2-3-13(18)14(19)9-11;1-6-4-10(15)18-11(16-6)19-12(20)17-7-2-3-8(13)9(14)5-7/h2-9H,1H3,(H2,21,22,23,24,25);2-5H,1H3,(H2,16,17,18,19,20). The van der Waals surface area contributed by atoms with Crippen molar-refractivity contribution in [3.63, 3.8) is 0 Å². The molecule has 3 heterocycles. The first-order chi connectivity index (χ1) is 21.9. The lowest BCUT2D eigenvalue weighted by Gasteiger charge is -2.10. The lowest BCUT2D eigenvalue weighted by atomic mass is 10.3. The number of amides is 4. The molecular formula is C29H22Cl5N9O3. The van der Waals surface area contributed by atoms with Crippen molar-refractivity contribution in [3.8, 4) is 11.6 Å². The van der Waals surface area contributed by atoms with Crippen LogP contribution in [0.15, 0.2) is 73.1 Å². The van der Waals surface area contributed by atoms with E-state index >= 15 is 0 Å². The lowest BCUT2D eigenvalue weighted by Crippen LogP contribution is -2.21. The number of rotatable bonds is 6. The second-order valence-corrected chi connectivity index (χ2v) is 11.0. The van der Waals surface area contributed by atoms with Crippen molar-refractivity contribution in [2.45, 2.75) is 13.8 Å². The van der Waals surface area contributed by atoms with E-state index in [1.165, 1.54) is 6.07 Å². The Bertz CT molecular complexity index is 1850. The van der Waals surface area contributed by atoms with Crippen LogP contribution in [0.3, 0.4) is 0 Å². The van der Waals surface area contributed by atoms with Crippen molar-refractivity contribution < 1.29 is 14.3 Å². The van der Waals surface area contributed by atoms with Gasteiger partial charge < -0.3 is 15.4 Å². The summed E-state index contributed by atoms with van der Waals surface area (Å²) < 4.78 is 5.63. The summed E-state index contributed by atoms with van der Waals surface area (Å²) in [5, 5.41) is 12.0. The Morgan fingerprint density at radius 3 is 1.59 bits per heavy atom. The SMILES string of the molecule is Cc1cc(Cl)nc(NC(=O)Nc2ccc(Cl)c(Cl)c2)n1.Cc1cc(Oc2ccncc2)nc(NC(=O)Nc2ccc(Cl)c(Cl)c2)n1. The number of carbonyl (C=O) groups is 2. The first-order valence-corrected chi connectivity index (χ1v) is 14.8. The van der Waals surface area contributed by atoms with Crippen molar-refractivity contribution in [2.75, 3.05) is 21.3 Å². The summed E-state index contributed by atoms with van der Waals surface area (Å²) in [7, 11) is 0. The monoisotopic (exact) mass is 719 g/mol. The van der Waals surface area contributed by atoms with Crippen LogP contribution in [-0.2, 0) is 0 Å². The maximum atomic E-state index is 12.1. The van der Waals surface area contributed by atoms with Crippen LogP contribution in [0, 0.1) is 13.8 Å². The molecule has 4 amide bonds. The Morgan fingerprint density at radius 1 is 0.587 bits per heavy atom. The smallest absolute Gasteiger partial charge is 0.326 e. The highest BCUT2D eigenvalue weighted by atomic mass is 35.5. The van der Waals surface area contributed by atoms with Gasteiger partial charge in [0.1, 0.15) is 10.9 Å². The summed E-state index contributed by atoms with van der Waals surface area (Å²) in [4.78, 5) is 44.1. The highest BCUT2D eigenvalue weighted by molar-refractivity contribution is 6.42. The topological polar surface area (TPSA) is 156 Å². The molecule has 0 radical (unpaired) electrons. The Hall–Kier alpha value is -4.46. The summed E-state index contributed by atoms with van der Waals surface area (Å²) in [5.41, 5.74) is 2.26. The molecule has 0 saturated carbocycles. The third-order valence-electron chi connectivity index (χ3n) is 5.33. The van der Waals surface area contributed by atoms with Gasteiger partial charge in [-0.2, -0.15) is 4.98 Å². The summed E-state index contributed by atoms with van der Waals surface area (Å²) >= 11 is 29.2. The molecule has 17 heteroatoms. The number of urea groups is 2. The number of ether oxygens (including phenoxy) is 1. The average molecular weight is 722 g/mol. The van der Waals surface area contributed by atoms with Crippen molar-refractivity contribution >= 4 is 93.3 Å². The molecule has 5 aromatic rings. The number of nitrogens with zero attached hydrogens (tertiary/aromatic N) is 5. The van der Waals surface area contributed by atoms with Crippen LogP contribution < -0.4 is 26.0 Å². The van der Waals surface area contributed by atoms with Gasteiger partial charge in [0.05, 0.1) is 20.1 Å². The van der Waals surface area contributed by atoms with Crippen LogP contribution >= 0.6 is 58.0 Å². The predicted octanol–water partition coefficient (Wildman–Crippen LogP) is 9.31. The third-order valence-corrected chi connectivity index (χ3v) is 7.00. The second kappa shape index (κ2) is 16.2. The van der Waals surface area contributed by atoms with E-state index in [9.17, 15) is 9.59 Å². The summed E-state index contributed by atoms with van der Waals surface area (Å²) in [6.07, 6.45) is 3.21. The number of aryl methyl sites for hydroxylation is 2. The van der Waals surface area contributed by atoms with Crippen LogP contribution in [0.2, 0.25) is 25.2 Å². The molecule has 0 bridgehead atoms. The number of nitrogens with one attached hydrogen (secondary N) is 4. The minimum Gasteiger partial charge on any atom is -0.439 e. The third kappa shape index (κ3) is 10.9. The summed E-state index contributed by atoms with van der Waals surface area (Å²) in [5.74, 6) is 1.09. The number of halogens is 5. The van der Waals surface area contributed by atoms with Gasteiger partial charge in [-0.1, -0.05) is 58.0 Å². The maximum Gasteiger partial charge on any atom is 0.326 e. The first-order valence-electron chi connectivity index (χ1n) is 12.9. The summed E-state index contributed by atoms with van der Waals surface area (Å²) in [6.45, 7) is 3.51. The molecule has 4 N–H and O–H groups in total. The number of benzene rings is 2. The van der Waals surface area contributed by atoms with Crippen LogP contribution in [0.4, 0.5) is 32.9 Å². The normalized spacial score (nSPS) is 10.2. The van der Waals surface area contributed by atoms with Gasteiger partial charge in [-0.05, 0) is 68.4 Å². The van der Waals surface area contributed by atoms with E-state index in [1.54, 1.807) is 80.8 Å². The number of carbonyl (C=O) groups excluding carboxylic acids is 2. The number of pyridine rings is 1. The van der Waals surface area contributed by atoms with Gasteiger partial charge in [0.25, 0.3) is 0 Å². The maximum absolute atomic E-state index is 12.1. The van der Waals surface area contributed by atoms with E-state index in [2.05, 4.69) is 46.2 Å². The number of aromatic nitrogens is 5. The van der Waals surface area contributed by atoms with Gasteiger partial charge in [0.2, 0.25) is 17.8 Å². The van der Waals surface area contributed by atoms with Crippen molar-refractivity contribution in [1.82, 2.24) is 24.9 Å². The molecule has 0 saturated heterocycles. The molecule has 0 spiro atoms. The molecule has 3 aromatic heterocycles. The molecule has 0 aliphatic rings. The minimum atomic E-state index is -0.524. The van der Waals surface area contributed by atoms with Crippen LogP contribution in [0.1, 0.15) is 11.4 Å². The van der Waals surface area contributed by atoms with Gasteiger partial charge in [-0.25, -0.2) is 24.5 Å². The van der Waals surface area contributed by atoms with E-state index in [4.69, 9.17) is 62.7 Å². The molecular weight excluding hydrogens is 700 g/mol. The molecule has 236 valence electrons. The van der Waals surface area contributed by atoms with Crippen molar-refractivity contribution in [3.05, 3.63) is 110 Å². The van der Waals surface area contributed by atoms with Gasteiger partial charge in [0, 0.05) is 41.2 Å². The Morgan fingerprint density at radius 2 is 1.09 bits per heavy atom. The molecule has 46 heavy (non-hydrogen) atoms. The fourth-order valence-corrected chi connectivity index (χ4v) is 4.27. The zero-order valence-electron chi connectivity index (χ0n) is 23.8. The van der Waals surface area contributed by atoms with E-state index in [0.717, 1.165) is 0 Å². The molecule has 5 rings (SSSR count). The molecule has 0 aliphatic carbocycles. The molecule has 12 nitrogen and oxygen atoms in total. The van der Waals surface area contributed by atoms with Gasteiger partial charge >= 0.3 is 12.1 Å². The first kappa shape index (κ1) is 34.4. The van der Waals surface area contributed by atoms with Crippen LogP contribution in [-0.4, -0.2) is 37.0 Å². The van der Waals surface area contributed by atoms with Gasteiger partial charge in [-0.3, -0.25) is 15.6 Å². The lowest BCUT2D eigenvalue weighted by molar-refractivity contribution is 0.261. The molecule has 0 aliphatic heterocycles. The molecule has 2 aromatic carbocycles. The van der Waals surface area contributed by atoms with E-state index in [-0.39, 0.29) is 17.0 Å². The Kier molecular flexibility index (Phi) is 12.1. The fraction of sp³-hybridized carbons (Fsp3) is 0.0690. The predicted molar refractivity (Wildman–Crippen MR) is 181 cm³/mol. The van der Waals surface area contributed by atoms with Crippen LogP contribution in [0.5, 0.6) is 11.6 Å². The van der Waals surface area contributed by atoms with E-state index in [1.807, 2.05) is 0 Å². The fourth-order valence-electron chi connectivity index (χ4n) is 3.44. The minimum absolute atomic E-state index is 0.103. The van der Waals surface area contributed by atoms with E-state index < -0.39 is 12.1 Å². The number of hydrogen-bond donors (Lipinski definition) is 4. The second-order valence-electron chi connectivity index (χ2n) is 9.03. The van der Waals surface area contributed by atoms with Crippen molar-refractivity contribution in [2.24, 2.45) is 0 Å².